The van der Waals surface area contributed by atoms with Gasteiger partial charge in [0.15, 0.2) is 0 Å². The number of para-hydroxylation sites is 1. The molecule has 2 aromatic rings. The van der Waals surface area contributed by atoms with Gasteiger partial charge in [0.2, 0.25) is 11.8 Å². The van der Waals surface area contributed by atoms with Crippen LogP contribution in [0.5, 0.6) is 0 Å². The Hall–Kier alpha value is -2.21. The number of hydrogen-bond donors (Lipinski definition) is 1. The van der Waals surface area contributed by atoms with Gasteiger partial charge in [-0.3, -0.25) is 14.5 Å². The zero-order chi connectivity index (χ0) is 20.8. The molecule has 1 aromatic carbocycles. The van der Waals surface area contributed by atoms with Gasteiger partial charge in [-0.1, -0.05) is 24.6 Å². The third-order valence-corrected chi connectivity index (χ3v) is 6.09. The summed E-state index contributed by atoms with van der Waals surface area (Å²) in [6.45, 7) is 8.24. The molecule has 0 bridgehead atoms. The predicted octanol–water partition coefficient (Wildman–Crippen LogP) is 3.92. The summed E-state index contributed by atoms with van der Waals surface area (Å²) in [4.78, 5) is 27.2. The molecule has 1 aliphatic heterocycles. The van der Waals surface area contributed by atoms with E-state index in [0.29, 0.717) is 37.9 Å². The Kier molecular flexibility index (Phi) is 7.42. The SMILES string of the molecule is Cc1nn(C(=O)CCCC(=O)NCCCN2[C@@H](C)CCC[C@@H]2C)c2ccccc12. The first-order chi connectivity index (χ1) is 14.0. The van der Waals surface area contributed by atoms with E-state index >= 15 is 0 Å². The molecule has 0 saturated carbocycles. The third kappa shape index (κ3) is 5.44. The van der Waals surface area contributed by atoms with Crippen LogP contribution in [0.2, 0.25) is 0 Å². The summed E-state index contributed by atoms with van der Waals surface area (Å²) >= 11 is 0. The number of likely N-dealkylation sites (tertiary alicyclic amines) is 1. The van der Waals surface area contributed by atoms with Crippen LogP contribution in [0, 0.1) is 6.92 Å². The second kappa shape index (κ2) is 10.0. The monoisotopic (exact) mass is 398 g/mol. The molecule has 0 unspecified atom stereocenters. The second-order valence-corrected chi connectivity index (χ2v) is 8.33. The first-order valence-electron chi connectivity index (χ1n) is 11.0. The Morgan fingerprint density at radius 2 is 1.83 bits per heavy atom. The highest BCUT2D eigenvalue weighted by Crippen LogP contribution is 2.22. The van der Waals surface area contributed by atoms with Gasteiger partial charge in [-0.2, -0.15) is 9.78 Å². The van der Waals surface area contributed by atoms with Gasteiger partial charge in [-0.15, -0.1) is 0 Å². The van der Waals surface area contributed by atoms with Crippen LogP contribution in [0.3, 0.4) is 0 Å². The molecule has 0 spiro atoms. The fourth-order valence-corrected chi connectivity index (χ4v) is 4.41. The van der Waals surface area contributed by atoms with Crippen molar-refractivity contribution in [3.05, 3.63) is 30.0 Å². The van der Waals surface area contributed by atoms with Crippen molar-refractivity contribution in [2.24, 2.45) is 0 Å². The average molecular weight is 399 g/mol. The van der Waals surface area contributed by atoms with Crippen LogP contribution < -0.4 is 5.32 Å². The highest BCUT2D eigenvalue weighted by atomic mass is 16.2. The molecule has 0 aliphatic carbocycles. The standard InChI is InChI=1S/C23H34N4O2/c1-17-9-6-10-18(2)26(17)16-8-15-24-22(28)13-7-14-23(29)27-21-12-5-4-11-20(21)19(3)25-27/h4-5,11-12,17-18H,6-10,13-16H2,1-3H3,(H,24,28)/t17-,18-/m0/s1. The maximum absolute atomic E-state index is 12.5. The minimum absolute atomic E-state index is 0.0269. The summed E-state index contributed by atoms with van der Waals surface area (Å²) in [5, 5.41) is 8.36. The molecule has 1 aliphatic rings. The molecule has 158 valence electrons. The number of hydrogen-bond acceptors (Lipinski definition) is 4. The van der Waals surface area contributed by atoms with Crippen LogP contribution in [0.4, 0.5) is 0 Å². The first kappa shape index (κ1) is 21.5. The van der Waals surface area contributed by atoms with Gasteiger partial charge in [0.1, 0.15) is 0 Å². The topological polar surface area (TPSA) is 67.2 Å². The van der Waals surface area contributed by atoms with Gasteiger partial charge in [0, 0.05) is 43.4 Å². The molecule has 1 N–H and O–H groups in total. The molecule has 1 saturated heterocycles. The fourth-order valence-electron chi connectivity index (χ4n) is 4.41. The molecule has 3 rings (SSSR count). The van der Waals surface area contributed by atoms with Crippen molar-refractivity contribution < 1.29 is 9.59 Å². The maximum atomic E-state index is 12.5. The quantitative estimate of drug-likeness (QED) is 0.684. The Bertz CT molecular complexity index is 835. The van der Waals surface area contributed by atoms with Crippen molar-refractivity contribution >= 4 is 22.7 Å². The van der Waals surface area contributed by atoms with Crippen LogP contribution in [0.25, 0.3) is 10.9 Å². The Morgan fingerprint density at radius 1 is 1.10 bits per heavy atom. The summed E-state index contributed by atoms with van der Waals surface area (Å²) < 4.78 is 1.48. The third-order valence-electron chi connectivity index (χ3n) is 6.09. The van der Waals surface area contributed by atoms with Crippen LogP contribution in [-0.4, -0.2) is 51.7 Å². The summed E-state index contributed by atoms with van der Waals surface area (Å²) in [6.07, 6.45) is 6.07. The van der Waals surface area contributed by atoms with E-state index in [1.54, 1.807) is 0 Å². The number of nitrogens with zero attached hydrogens (tertiary/aromatic N) is 3. The van der Waals surface area contributed by atoms with Crippen molar-refractivity contribution in [2.75, 3.05) is 13.1 Å². The van der Waals surface area contributed by atoms with Crippen LogP contribution in [0.1, 0.15) is 69.3 Å². The molecule has 29 heavy (non-hydrogen) atoms. The van der Waals surface area contributed by atoms with E-state index in [4.69, 9.17) is 0 Å². The highest BCUT2D eigenvalue weighted by Gasteiger charge is 2.23. The van der Waals surface area contributed by atoms with Crippen molar-refractivity contribution in [3.8, 4) is 0 Å². The number of amides is 1. The molecular weight excluding hydrogens is 364 g/mol. The zero-order valence-electron chi connectivity index (χ0n) is 18.0. The lowest BCUT2D eigenvalue weighted by Gasteiger charge is -2.39. The smallest absolute Gasteiger partial charge is 0.247 e. The molecule has 1 aromatic heterocycles. The van der Waals surface area contributed by atoms with E-state index < -0.39 is 0 Å². The normalized spacial score (nSPS) is 20.1. The van der Waals surface area contributed by atoms with E-state index in [-0.39, 0.29) is 11.8 Å². The van der Waals surface area contributed by atoms with E-state index in [9.17, 15) is 9.59 Å². The van der Waals surface area contributed by atoms with Gasteiger partial charge in [0.05, 0.1) is 11.2 Å². The van der Waals surface area contributed by atoms with Gasteiger partial charge >= 0.3 is 0 Å². The predicted molar refractivity (Wildman–Crippen MR) is 116 cm³/mol. The largest absolute Gasteiger partial charge is 0.356 e. The summed E-state index contributed by atoms with van der Waals surface area (Å²) in [5.74, 6) is -0.0331. The van der Waals surface area contributed by atoms with Crippen LogP contribution in [-0.2, 0) is 4.79 Å². The van der Waals surface area contributed by atoms with E-state index in [1.807, 2.05) is 31.2 Å². The molecular formula is C23H34N4O2. The number of aromatic nitrogens is 2. The number of carbonyl (C=O) groups excluding carboxylic acids is 2. The number of fused-ring (bicyclic) bond motifs is 1. The summed E-state index contributed by atoms with van der Waals surface area (Å²) in [5.41, 5.74) is 1.68. The van der Waals surface area contributed by atoms with Gasteiger partial charge < -0.3 is 5.32 Å². The Labute approximate surface area is 173 Å². The zero-order valence-corrected chi connectivity index (χ0v) is 18.0. The number of benzene rings is 1. The number of aryl methyl sites for hydroxylation is 1. The lowest BCUT2D eigenvalue weighted by Crippen LogP contribution is -2.44. The van der Waals surface area contributed by atoms with Crippen molar-refractivity contribution in [2.45, 2.75) is 77.8 Å². The van der Waals surface area contributed by atoms with Crippen LogP contribution >= 0.6 is 0 Å². The molecule has 1 amide bonds. The Morgan fingerprint density at radius 3 is 2.59 bits per heavy atom. The van der Waals surface area contributed by atoms with Crippen LogP contribution in [0.15, 0.2) is 24.3 Å². The fraction of sp³-hybridized carbons (Fsp3) is 0.609. The number of rotatable bonds is 8. The maximum Gasteiger partial charge on any atom is 0.247 e. The van der Waals surface area contributed by atoms with Crippen molar-refractivity contribution in [1.29, 1.82) is 0 Å². The number of nitrogens with one attached hydrogen (secondary N) is 1. The molecule has 6 heteroatoms. The minimum Gasteiger partial charge on any atom is -0.356 e. The van der Waals surface area contributed by atoms with Crippen molar-refractivity contribution in [1.82, 2.24) is 20.0 Å². The molecule has 2 atom stereocenters. The molecule has 1 fully saturated rings. The number of piperidine rings is 1. The lowest BCUT2D eigenvalue weighted by atomic mass is 9.97. The minimum atomic E-state index is -0.0600. The molecule has 0 radical (unpaired) electrons. The second-order valence-electron chi connectivity index (χ2n) is 8.33. The van der Waals surface area contributed by atoms with E-state index in [0.717, 1.165) is 29.6 Å². The highest BCUT2D eigenvalue weighted by molar-refractivity contribution is 5.92. The summed E-state index contributed by atoms with van der Waals surface area (Å²) in [6, 6.07) is 9.02. The molecule has 2 heterocycles. The van der Waals surface area contributed by atoms with Gasteiger partial charge in [0.25, 0.3) is 0 Å². The van der Waals surface area contributed by atoms with E-state index in [2.05, 4.69) is 29.2 Å². The lowest BCUT2D eigenvalue weighted by molar-refractivity contribution is -0.121. The van der Waals surface area contributed by atoms with Gasteiger partial charge in [-0.05, 0) is 52.5 Å². The average Bonchev–Trinajstić information content (AvgIpc) is 3.04. The van der Waals surface area contributed by atoms with Crippen molar-refractivity contribution in [3.63, 3.8) is 0 Å². The summed E-state index contributed by atoms with van der Waals surface area (Å²) in [7, 11) is 0. The Balaban J connectivity index is 1.36. The first-order valence-corrected chi connectivity index (χ1v) is 11.0. The number of carbonyl (C=O) groups is 2. The van der Waals surface area contributed by atoms with E-state index in [1.165, 1.54) is 23.9 Å². The molecule has 6 nitrogen and oxygen atoms in total. The van der Waals surface area contributed by atoms with Gasteiger partial charge in [-0.25, -0.2) is 0 Å².